The summed E-state index contributed by atoms with van der Waals surface area (Å²) in [6.07, 6.45) is 5.20. The van der Waals surface area contributed by atoms with Crippen molar-refractivity contribution in [3.05, 3.63) is 12.7 Å². The molecule has 2 aliphatic rings. The van der Waals surface area contributed by atoms with Gasteiger partial charge in [-0.15, -0.1) is 0 Å². The fourth-order valence-corrected chi connectivity index (χ4v) is 2.91. The minimum absolute atomic E-state index is 0.0872. The highest BCUT2D eigenvalue weighted by atomic mass is 16.2. The maximum atomic E-state index is 11.6. The Morgan fingerprint density at radius 2 is 2.00 bits per heavy atom. The lowest BCUT2D eigenvalue weighted by Gasteiger charge is -2.29. The lowest BCUT2D eigenvalue weighted by atomic mass is 10.1. The lowest BCUT2D eigenvalue weighted by Crippen LogP contribution is -2.43. The van der Waals surface area contributed by atoms with Gasteiger partial charge in [0.2, 0.25) is 5.91 Å². The molecular formula is C12H20N2O. The topological polar surface area (TPSA) is 23.6 Å². The molecular weight excluding hydrogens is 188 g/mol. The van der Waals surface area contributed by atoms with Gasteiger partial charge in [0.15, 0.2) is 0 Å². The van der Waals surface area contributed by atoms with Gasteiger partial charge in [-0.05, 0) is 45.4 Å². The molecule has 15 heavy (non-hydrogen) atoms. The molecule has 0 saturated carbocycles. The smallest absolute Gasteiger partial charge is 0.246 e. The summed E-state index contributed by atoms with van der Waals surface area (Å²) in [5.74, 6) is 0.0872. The second-order valence-corrected chi connectivity index (χ2v) is 4.58. The molecule has 2 heterocycles. The van der Waals surface area contributed by atoms with Crippen LogP contribution in [0.25, 0.3) is 0 Å². The van der Waals surface area contributed by atoms with Crippen LogP contribution in [-0.4, -0.2) is 47.4 Å². The lowest BCUT2D eigenvalue weighted by molar-refractivity contribution is -0.126. The first-order valence-electron chi connectivity index (χ1n) is 5.91. The van der Waals surface area contributed by atoms with E-state index >= 15 is 0 Å². The van der Waals surface area contributed by atoms with Crippen molar-refractivity contribution in [1.29, 1.82) is 0 Å². The zero-order valence-electron chi connectivity index (χ0n) is 9.48. The van der Waals surface area contributed by atoms with Crippen molar-refractivity contribution in [2.45, 2.75) is 38.3 Å². The van der Waals surface area contributed by atoms with E-state index in [0.29, 0.717) is 12.1 Å². The number of carbonyl (C=O) groups is 1. The van der Waals surface area contributed by atoms with Crippen molar-refractivity contribution < 1.29 is 4.79 Å². The molecule has 0 aliphatic carbocycles. The van der Waals surface area contributed by atoms with Gasteiger partial charge in [-0.3, -0.25) is 9.69 Å². The fraction of sp³-hybridized carbons (Fsp3) is 0.750. The second kappa shape index (κ2) is 4.35. The predicted octanol–water partition coefficient (Wildman–Crippen LogP) is 1.26. The van der Waals surface area contributed by atoms with Crippen LogP contribution in [0.4, 0.5) is 0 Å². The first-order valence-corrected chi connectivity index (χ1v) is 5.91. The van der Waals surface area contributed by atoms with Crippen LogP contribution in [0.1, 0.15) is 26.2 Å². The average Bonchev–Trinajstić information content (AvgIpc) is 2.85. The second-order valence-electron chi connectivity index (χ2n) is 4.58. The number of rotatable bonds is 2. The molecule has 0 bridgehead atoms. The first-order chi connectivity index (χ1) is 7.24. The summed E-state index contributed by atoms with van der Waals surface area (Å²) in [5, 5.41) is 0. The summed E-state index contributed by atoms with van der Waals surface area (Å²) in [4.78, 5) is 16.1. The van der Waals surface area contributed by atoms with Crippen molar-refractivity contribution in [3.8, 4) is 0 Å². The van der Waals surface area contributed by atoms with Gasteiger partial charge in [-0.2, -0.15) is 0 Å². The summed E-state index contributed by atoms with van der Waals surface area (Å²) in [6, 6.07) is 0.935. The fourth-order valence-electron chi connectivity index (χ4n) is 2.91. The highest BCUT2D eigenvalue weighted by molar-refractivity contribution is 5.87. The van der Waals surface area contributed by atoms with Gasteiger partial charge >= 0.3 is 0 Å². The van der Waals surface area contributed by atoms with Gasteiger partial charge in [0.1, 0.15) is 0 Å². The molecule has 0 N–H and O–H groups in total. The molecule has 2 saturated heterocycles. The normalized spacial score (nSPS) is 32.2. The zero-order chi connectivity index (χ0) is 10.8. The van der Waals surface area contributed by atoms with Crippen LogP contribution >= 0.6 is 0 Å². The number of hydrogen-bond donors (Lipinski definition) is 0. The number of amides is 1. The maximum absolute atomic E-state index is 11.6. The minimum Gasteiger partial charge on any atom is -0.335 e. The van der Waals surface area contributed by atoms with E-state index < -0.39 is 0 Å². The summed E-state index contributed by atoms with van der Waals surface area (Å²) >= 11 is 0. The van der Waals surface area contributed by atoms with Crippen LogP contribution in [0.15, 0.2) is 12.7 Å². The van der Waals surface area contributed by atoms with Crippen LogP contribution in [-0.2, 0) is 4.79 Å². The molecule has 0 aromatic heterocycles. The van der Waals surface area contributed by atoms with Crippen molar-refractivity contribution in [3.63, 3.8) is 0 Å². The Kier molecular flexibility index (Phi) is 3.10. The van der Waals surface area contributed by atoms with E-state index in [4.69, 9.17) is 0 Å². The molecule has 2 atom stereocenters. The molecule has 0 spiro atoms. The molecule has 3 nitrogen and oxygen atoms in total. The van der Waals surface area contributed by atoms with E-state index in [1.165, 1.54) is 32.0 Å². The quantitative estimate of drug-likeness (QED) is 0.638. The van der Waals surface area contributed by atoms with Crippen LogP contribution in [0, 0.1) is 0 Å². The average molecular weight is 208 g/mol. The Balaban J connectivity index is 1.99. The van der Waals surface area contributed by atoms with Gasteiger partial charge in [-0.25, -0.2) is 0 Å². The Bertz CT molecular complexity index is 258. The van der Waals surface area contributed by atoms with Crippen LogP contribution in [0.3, 0.4) is 0 Å². The minimum atomic E-state index is 0.0872. The summed E-state index contributed by atoms with van der Waals surface area (Å²) < 4.78 is 0. The molecule has 2 aliphatic heterocycles. The van der Waals surface area contributed by atoms with Crippen molar-refractivity contribution >= 4 is 5.91 Å². The standard InChI is InChI=1S/C12H20N2O/c1-3-12(15)14-9-6-11(10(14)2)13-7-4-5-8-13/h3,10-11H,1,4-9H2,2H3. The van der Waals surface area contributed by atoms with Gasteiger partial charge in [0.05, 0.1) is 0 Å². The largest absolute Gasteiger partial charge is 0.335 e. The Hall–Kier alpha value is -0.830. The van der Waals surface area contributed by atoms with Crippen LogP contribution < -0.4 is 0 Å². The third-order valence-corrected chi connectivity index (χ3v) is 3.78. The van der Waals surface area contributed by atoms with Crippen molar-refractivity contribution in [2.24, 2.45) is 0 Å². The Morgan fingerprint density at radius 3 is 2.60 bits per heavy atom. The molecule has 0 aromatic rings. The van der Waals surface area contributed by atoms with Crippen LogP contribution in [0.2, 0.25) is 0 Å². The SMILES string of the molecule is C=CC(=O)N1CCC(N2CCCC2)C1C. The molecule has 3 heteroatoms. The number of likely N-dealkylation sites (tertiary alicyclic amines) is 2. The van der Waals surface area contributed by atoms with Gasteiger partial charge < -0.3 is 4.90 Å². The van der Waals surface area contributed by atoms with Crippen molar-refractivity contribution in [2.75, 3.05) is 19.6 Å². The molecule has 2 rings (SSSR count). The van der Waals surface area contributed by atoms with E-state index in [0.717, 1.165) is 13.0 Å². The number of nitrogens with zero attached hydrogens (tertiary/aromatic N) is 2. The third-order valence-electron chi connectivity index (χ3n) is 3.78. The molecule has 0 radical (unpaired) electrons. The predicted molar refractivity (Wildman–Crippen MR) is 60.6 cm³/mol. The highest BCUT2D eigenvalue weighted by Gasteiger charge is 2.36. The van der Waals surface area contributed by atoms with Crippen LogP contribution in [0.5, 0.6) is 0 Å². The number of hydrogen-bond acceptors (Lipinski definition) is 2. The Morgan fingerprint density at radius 1 is 1.33 bits per heavy atom. The summed E-state index contributed by atoms with van der Waals surface area (Å²) in [5.41, 5.74) is 0. The van der Waals surface area contributed by atoms with E-state index in [1.807, 2.05) is 4.90 Å². The molecule has 84 valence electrons. The summed E-state index contributed by atoms with van der Waals surface area (Å²) in [6.45, 7) is 9.04. The van der Waals surface area contributed by atoms with Gasteiger partial charge in [0.25, 0.3) is 0 Å². The van der Waals surface area contributed by atoms with E-state index in [-0.39, 0.29) is 5.91 Å². The Labute approximate surface area is 91.7 Å². The van der Waals surface area contributed by atoms with E-state index in [2.05, 4.69) is 18.4 Å². The number of carbonyl (C=O) groups excluding carboxylic acids is 1. The highest BCUT2D eigenvalue weighted by Crippen LogP contribution is 2.25. The van der Waals surface area contributed by atoms with Gasteiger partial charge in [0, 0.05) is 18.6 Å². The maximum Gasteiger partial charge on any atom is 0.246 e. The first kappa shape index (κ1) is 10.7. The molecule has 2 unspecified atom stereocenters. The molecule has 2 fully saturated rings. The van der Waals surface area contributed by atoms with Crippen molar-refractivity contribution in [1.82, 2.24) is 9.80 Å². The summed E-state index contributed by atoms with van der Waals surface area (Å²) in [7, 11) is 0. The van der Waals surface area contributed by atoms with E-state index in [1.54, 1.807) is 0 Å². The molecule has 1 amide bonds. The molecule has 0 aromatic carbocycles. The van der Waals surface area contributed by atoms with Gasteiger partial charge in [-0.1, -0.05) is 6.58 Å². The zero-order valence-corrected chi connectivity index (χ0v) is 9.48. The third kappa shape index (κ3) is 1.93. The monoisotopic (exact) mass is 208 g/mol. The van der Waals surface area contributed by atoms with E-state index in [9.17, 15) is 4.79 Å².